The second-order valence-corrected chi connectivity index (χ2v) is 19.2. The Morgan fingerprint density at radius 1 is 0.727 bits per heavy atom. The molecule has 1 aromatic rings. The number of hydrogen-bond acceptors (Lipinski definition) is 27. The Kier molecular flexibility index (Phi) is 24.2. The molecule has 4 heterocycles. The summed E-state index contributed by atoms with van der Waals surface area (Å²) in [5.41, 5.74) is 0.117. The van der Waals surface area contributed by atoms with Crippen molar-refractivity contribution in [3.05, 3.63) is 23.8 Å². The Bertz CT molecular complexity index is 2020. The monoisotopic (exact) mass is 1110 g/mol. The molecule has 4 fully saturated rings. The molecule has 30 heteroatoms. The fourth-order valence-electron chi connectivity index (χ4n) is 9.33. The molecule has 30 nitrogen and oxygen atoms in total. The summed E-state index contributed by atoms with van der Waals surface area (Å²) in [7, 11) is 1.30. The molecule has 0 aliphatic carbocycles. The van der Waals surface area contributed by atoms with Crippen LogP contribution < -0.4 is 10.6 Å². The van der Waals surface area contributed by atoms with Crippen molar-refractivity contribution >= 4 is 23.9 Å². The van der Waals surface area contributed by atoms with Gasteiger partial charge in [-0.15, -0.1) is 0 Å². The maximum absolute atomic E-state index is 13.8. The summed E-state index contributed by atoms with van der Waals surface area (Å²) in [4.78, 5) is 50.6. The number of hydrogen-bond donors (Lipinski definition) is 16. The summed E-state index contributed by atoms with van der Waals surface area (Å²) in [5.74, 6) is -7.12. The van der Waals surface area contributed by atoms with Gasteiger partial charge >= 0.3 is 18.0 Å². The lowest BCUT2D eigenvalue weighted by Gasteiger charge is -2.51. The minimum Gasteiger partial charge on any atom is -0.508 e. The number of carbonyl (C=O) groups is 4. The third-order valence-electron chi connectivity index (χ3n) is 13.5. The number of methoxy groups -OCH3 is 1. The van der Waals surface area contributed by atoms with Crippen LogP contribution in [-0.2, 0) is 68.4 Å². The number of aromatic hydroxyl groups is 2. The first-order chi connectivity index (χ1) is 36.5. The van der Waals surface area contributed by atoms with Gasteiger partial charge in [-0.2, -0.15) is 0 Å². The number of nitrogens with one attached hydrogen (secondary N) is 2. The van der Waals surface area contributed by atoms with Crippen LogP contribution in [0.5, 0.6) is 11.5 Å². The van der Waals surface area contributed by atoms with Gasteiger partial charge in [0.2, 0.25) is 5.91 Å². The summed E-state index contributed by atoms with van der Waals surface area (Å²) < 4.78 is 58.0. The lowest BCUT2D eigenvalue weighted by atomic mass is 9.88. The zero-order chi connectivity index (χ0) is 56.9. The Hall–Kier alpha value is -4.26. The zero-order valence-electron chi connectivity index (χ0n) is 42.4. The molecular formula is C47H74N2O28. The van der Waals surface area contributed by atoms with E-state index in [4.69, 9.17) is 42.6 Å². The molecule has 440 valence electrons. The first-order valence-electron chi connectivity index (χ1n) is 25.0. The first-order valence-corrected chi connectivity index (χ1v) is 25.0. The molecule has 5 rings (SSSR count). The fourth-order valence-corrected chi connectivity index (χ4v) is 9.33. The maximum atomic E-state index is 13.8. The standard InChI is InChI=1S/C47H74N2O28/c1-20-32(59)35(62)36(63)43(71-20)75-40-31(49-46(67)70-19-22-12-23(54)14-24(55)13-22)42(69-11-9-7-5-4-6-8-10-29(58)68-3)73-28(18-52)38(40)74-44-37(64)41(34(61)27(17-51)72-44)77-47(45(65)66)15-25(56)30(48-21(2)53)39(76-47)33(60)26(57)16-50/h12-14,20,25-28,30-44,50-52,54-57,59-64H,4-11,15-19H2,1-3H3,(H,48,53)(H,49,67)(H,65,66)/t20?,25?,26?,27?,28?,30-,31?,32+,33?,34-,35?,36?,37?,38+,39?,40?,41?,42-,43+,44?,47+/m1/s1. The molecule has 2 amide bonds. The SMILES string of the molecule is COC(=O)CCCCCCCCO[C@@H]1OC(CO)[C@H](OC2OC(CO)[C@@H](O)C(O[C@]3(C(=O)O)CC(O)[C@@H](NC(C)=O)C(C(O)C(O)CO)O3)C2O)C(O[C@@H]2OC(C)[C@H](O)C(O)C2O)C1NC(=O)OCc1cc(O)cc(O)c1. The topological polar surface area (TPSA) is 468 Å². The van der Waals surface area contributed by atoms with Crippen molar-refractivity contribution in [2.75, 3.05) is 33.5 Å². The lowest BCUT2D eigenvalue weighted by Crippen LogP contribution is -2.71. The Morgan fingerprint density at radius 3 is 1.95 bits per heavy atom. The minimum absolute atomic E-state index is 0.0758. The van der Waals surface area contributed by atoms with Crippen molar-refractivity contribution in [1.29, 1.82) is 0 Å². The number of amides is 2. The summed E-state index contributed by atoms with van der Waals surface area (Å²) in [6.07, 6.45) is -33.4. The van der Waals surface area contributed by atoms with Crippen LogP contribution in [-0.4, -0.2) is 257 Å². The predicted octanol–water partition coefficient (Wildman–Crippen LogP) is -5.10. The maximum Gasteiger partial charge on any atom is 0.407 e. The van der Waals surface area contributed by atoms with Crippen molar-refractivity contribution in [1.82, 2.24) is 10.6 Å². The molecule has 0 aromatic heterocycles. The van der Waals surface area contributed by atoms with E-state index in [0.717, 1.165) is 25.8 Å². The molecule has 4 aliphatic rings. The number of carbonyl (C=O) groups excluding carboxylic acids is 3. The van der Waals surface area contributed by atoms with Gasteiger partial charge < -0.3 is 129 Å². The van der Waals surface area contributed by atoms with Crippen LogP contribution >= 0.6 is 0 Å². The molecule has 1 aromatic carbocycles. The smallest absolute Gasteiger partial charge is 0.407 e. The number of esters is 1. The number of ether oxygens (including phenoxy) is 10. The summed E-state index contributed by atoms with van der Waals surface area (Å²) in [6, 6.07) is 0.0412. The molecule has 4 aliphatic heterocycles. The number of phenols is 2. The van der Waals surface area contributed by atoms with E-state index >= 15 is 0 Å². The van der Waals surface area contributed by atoms with Crippen LogP contribution in [0, 0.1) is 0 Å². The number of alkyl carbamates (subject to hydrolysis) is 1. The Morgan fingerprint density at radius 2 is 1.34 bits per heavy atom. The van der Waals surface area contributed by atoms with Crippen LogP contribution in [0.15, 0.2) is 18.2 Å². The summed E-state index contributed by atoms with van der Waals surface area (Å²) >= 11 is 0. The van der Waals surface area contributed by atoms with Gasteiger partial charge in [0.25, 0.3) is 5.79 Å². The number of aliphatic hydroxyl groups excluding tert-OH is 11. The second-order valence-electron chi connectivity index (χ2n) is 19.2. The molecule has 21 atom stereocenters. The fraction of sp³-hybridized carbons (Fsp3) is 0.787. The average Bonchev–Trinajstić information content (AvgIpc) is 3.39. The number of aliphatic carboxylic acids is 1. The molecule has 16 N–H and O–H groups in total. The highest BCUT2D eigenvalue weighted by molar-refractivity contribution is 5.76. The molecule has 14 unspecified atom stereocenters. The minimum atomic E-state index is -3.19. The van der Waals surface area contributed by atoms with E-state index in [9.17, 15) is 90.7 Å². The lowest BCUT2D eigenvalue weighted by molar-refractivity contribution is -0.391. The van der Waals surface area contributed by atoms with Gasteiger partial charge in [-0.25, -0.2) is 9.59 Å². The summed E-state index contributed by atoms with van der Waals surface area (Å²) in [6.45, 7) is -1.52. The quantitative estimate of drug-likeness (QED) is 0.0305. The molecule has 0 saturated carbocycles. The van der Waals surface area contributed by atoms with Crippen molar-refractivity contribution in [3.63, 3.8) is 0 Å². The second kappa shape index (κ2) is 29.3. The van der Waals surface area contributed by atoms with Crippen molar-refractivity contribution in [2.24, 2.45) is 0 Å². The van der Waals surface area contributed by atoms with Gasteiger partial charge in [0.1, 0.15) is 103 Å². The molecule has 0 bridgehead atoms. The Balaban J connectivity index is 1.50. The van der Waals surface area contributed by atoms with Crippen molar-refractivity contribution < 1.29 is 138 Å². The largest absolute Gasteiger partial charge is 0.508 e. The van der Waals surface area contributed by atoms with Gasteiger partial charge in [-0.3, -0.25) is 9.59 Å². The van der Waals surface area contributed by atoms with Gasteiger partial charge in [0.15, 0.2) is 18.9 Å². The highest BCUT2D eigenvalue weighted by Crippen LogP contribution is 2.39. The molecule has 77 heavy (non-hydrogen) atoms. The number of aliphatic hydroxyl groups is 11. The molecule has 4 saturated heterocycles. The van der Waals surface area contributed by atoms with E-state index in [1.54, 1.807) is 0 Å². The van der Waals surface area contributed by atoms with E-state index in [-0.39, 0.29) is 36.1 Å². The van der Waals surface area contributed by atoms with Crippen molar-refractivity contribution in [2.45, 2.75) is 200 Å². The normalized spacial score (nSPS) is 36.3. The van der Waals surface area contributed by atoms with Crippen LogP contribution in [0.25, 0.3) is 0 Å². The number of carboxylic acid groups (broad SMARTS) is 1. The van der Waals surface area contributed by atoms with E-state index in [1.165, 1.54) is 26.2 Å². The van der Waals surface area contributed by atoms with Gasteiger partial charge in [0, 0.05) is 32.4 Å². The zero-order valence-corrected chi connectivity index (χ0v) is 42.4. The third kappa shape index (κ3) is 16.4. The Labute approximate surface area is 440 Å². The predicted molar refractivity (Wildman–Crippen MR) is 250 cm³/mol. The van der Waals surface area contributed by atoms with Gasteiger partial charge in [0.05, 0.1) is 45.2 Å². The van der Waals surface area contributed by atoms with Gasteiger partial charge in [-0.05, 0) is 37.5 Å². The molecule has 0 spiro atoms. The van der Waals surface area contributed by atoms with Crippen molar-refractivity contribution in [3.8, 4) is 11.5 Å². The number of rotatable bonds is 26. The number of phenolic OH excluding ortho intramolecular Hbond substituents is 2. The molecular weight excluding hydrogens is 1040 g/mol. The van der Waals surface area contributed by atoms with Crippen LogP contribution in [0.3, 0.4) is 0 Å². The average molecular weight is 1120 g/mol. The highest BCUT2D eigenvalue weighted by Gasteiger charge is 2.61. The number of carboxylic acids is 1. The van der Waals surface area contributed by atoms with E-state index < -0.39 is 179 Å². The van der Waals surface area contributed by atoms with Crippen LogP contribution in [0.4, 0.5) is 4.79 Å². The number of benzene rings is 1. The van der Waals surface area contributed by atoms with Gasteiger partial charge in [-0.1, -0.05) is 25.7 Å². The highest BCUT2D eigenvalue weighted by atomic mass is 16.8. The number of unbranched alkanes of at least 4 members (excludes halogenated alkanes) is 5. The van der Waals surface area contributed by atoms with Crippen LogP contribution in [0.2, 0.25) is 0 Å². The summed E-state index contributed by atoms with van der Waals surface area (Å²) in [5, 5.41) is 155. The van der Waals surface area contributed by atoms with E-state index in [2.05, 4.69) is 15.4 Å². The third-order valence-corrected chi connectivity index (χ3v) is 13.5. The van der Waals surface area contributed by atoms with E-state index in [0.29, 0.717) is 25.7 Å². The van der Waals surface area contributed by atoms with E-state index in [1.807, 2.05) is 0 Å². The van der Waals surface area contributed by atoms with Crippen LogP contribution in [0.1, 0.15) is 70.8 Å². The molecule has 0 radical (unpaired) electrons. The first kappa shape index (κ1) is 63.6.